The Kier molecular flexibility index (Phi) is 3.34. The lowest BCUT2D eigenvalue weighted by Gasteiger charge is -2.06. The largest absolute Gasteiger partial charge is 0.464 e. The second-order valence-corrected chi connectivity index (χ2v) is 5.64. The first-order valence-electron chi connectivity index (χ1n) is 6.33. The van der Waals surface area contributed by atoms with Crippen LogP contribution in [0.15, 0.2) is 38.1 Å². The highest BCUT2D eigenvalue weighted by atomic mass is 32.1. The topological polar surface area (TPSA) is 63.6 Å². The van der Waals surface area contributed by atoms with Crippen LogP contribution in [0.2, 0.25) is 0 Å². The van der Waals surface area contributed by atoms with Crippen molar-refractivity contribution in [2.45, 2.75) is 6.92 Å². The fraction of sp³-hybridized carbons (Fsp3) is 0.214. The first kappa shape index (κ1) is 13.6. The summed E-state index contributed by atoms with van der Waals surface area (Å²) in [6.07, 6.45) is 3.16. The Hall–Kier alpha value is -2.41. The van der Waals surface area contributed by atoms with Crippen LogP contribution < -0.4 is 5.56 Å². The van der Waals surface area contributed by atoms with Crippen LogP contribution in [0.5, 0.6) is 0 Å². The van der Waals surface area contributed by atoms with Crippen molar-refractivity contribution in [2.24, 2.45) is 5.10 Å². The van der Waals surface area contributed by atoms with Crippen molar-refractivity contribution in [3.05, 3.63) is 40.0 Å². The number of fused-ring (bicyclic) bond motifs is 1. The van der Waals surface area contributed by atoms with E-state index < -0.39 is 0 Å². The van der Waals surface area contributed by atoms with E-state index in [0.717, 1.165) is 5.56 Å². The summed E-state index contributed by atoms with van der Waals surface area (Å²) in [4.78, 5) is 19.6. The lowest BCUT2D eigenvalue weighted by Crippen LogP contribution is -2.22. The highest BCUT2D eigenvalue weighted by Crippen LogP contribution is 2.31. The highest BCUT2D eigenvalue weighted by molar-refractivity contribution is 7.17. The minimum Gasteiger partial charge on any atom is -0.464 e. The average Bonchev–Trinajstić information content (AvgIpc) is 3.05. The van der Waals surface area contributed by atoms with Crippen LogP contribution in [0.1, 0.15) is 5.82 Å². The zero-order valence-electron chi connectivity index (χ0n) is 11.9. The van der Waals surface area contributed by atoms with Gasteiger partial charge in [-0.3, -0.25) is 4.79 Å². The van der Waals surface area contributed by atoms with Gasteiger partial charge in [0.15, 0.2) is 0 Å². The predicted molar refractivity (Wildman–Crippen MR) is 83.9 cm³/mol. The minimum absolute atomic E-state index is 0.191. The Morgan fingerprint density at radius 2 is 2.29 bits per heavy atom. The highest BCUT2D eigenvalue weighted by Gasteiger charge is 2.16. The smallest absolute Gasteiger partial charge is 0.283 e. The molecule has 3 rings (SSSR count). The van der Waals surface area contributed by atoms with Gasteiger partial charge in [-0.15, -0.1) is 11.3 Å². The van der Waals surface area contributed by atoms with Crippen LogP contribution in [0.25, 0.3) is 21.5 Å². The molecule has 0 bridgehead atoms. The van der Waals surface area contributed by atoms with Crippen LogP contribution in [0.4, 0.5) is 0 Å². The summed E-state index contributed by atoms with van der Waals surface area (Å²) >= 11 is 1.43. The van der Waals surface area contributed by atoms with E-state index in [1.165, 1.54) is 16.0 Å². The molecule has 0 N–H and O–H groups in total. The van der Waals surface area contributed by atoms with Crippen molar-refractivity contribution in [2.75, 3.05) is 14.1 Å². The van der Waals surface area contributed by atoms with Gasteiger partial charge in [-0.25, -0.2) is 4.98 Å². The molecule has 0 saturated carbocycles. The molecule has 0 saturated heterocycles. The monoisotopic (exact) mass is 302 g/mol. The average molecular weight is 302 g/mol. The van der Waals surface area contributed by atoms with Gasteiger partial charge in [0.25, 0.3) is 5.56 Å². The maximum atomic E-state index is 12.7. The van der Waals surface area contributed by atoms with Crippen LogP contribution >= 0.6 is 11.3 Å². The molecule has 0 fully saturated rings. The maximum absolute atomic E-state index is 12.7. The van der Waals surface area contributed by atoms with Gasteiger partial charge in [-0.2, -0.15) is 9.78 Å². The normalized spacial score (nSPS) is 11.6. The minimum atomic E-state index is -0.191. The molecule has 0 unspecified atom stereocenters. The number of furan rings is 1. The molecular weight excluding hydrogens is 288 g/mol. The number of rotatable bonds is 3. The van der Waals surface area contributed by atoms with Gasteiger partial charge >= 0.3 is 0 Å². The third-order valence-electron chi connectivity index (χ3n) is 2.93. The third kappa shape index (κ3) is 2.36. The van der Waals surface area contributed by atoms with E-state index in [2.05, 4.69) is 10.1 Å². The molecule has 0 amide bonds. The van der Waals surface area contributed by atoms with E-state index in [9.17, 15) is 4.79 Å². The van der Waals surface area contributed by atoms with Crippen LogP contribution in [0.3, 0.4) is 0 Å². The van der Waals surface area contributed by atoms with E-state index in [-0.39, 0.29) is 5.56 Å². The summed E-state index contributed by atoms with van der Waals surface area (Å²) in [5.41, 5.74) is 0.564. The molecule has 3 heterocycles. The molecule has 0 aliphatic heterocycles. The number of hydrogen-bond donors (Lipinski definition) is 0. The Morgan fingerprint density at radius 1 is 1.48 bits per heavy atom. The molecule has 3 aromatic heterocycles. The molecule has 3 aromatic rings. The molecule has 0 radical (unpaired) electrons. The maximum Gasteiger partial charge on any atom is 0.283 e. The second kappa shape index (κ2) is 5.17. The van der Waals surface area contributed by atoms with Crippen molar-refractivity contribution >= 4 is 27.9 Å². The van der Waals surface area contributed by atoms with Crippen LogP contribution in [-0.4, -0.2) is 35.0 Å². The summed E-state index contributed by atoms with van der Waals surface area (Å²) in [6, 6.07) is 3.62. The quantitative estimate of drug-likeness (QED) is 0.550. The summed E-state index contributed by atoms with van der Waals surface area (Å²) in [6.45, 7) is 1.76. The molecule has 21 heavy (non-hydrogen) atoms. The van der Waals surface area contributed by atoms with Gasteiger partial charge in [0.05, 0.1) is 11.6 Å². The molecule has 0 aromatic carbocycles. The standard InChI is InChI=1S/C14H14N4O2S/c1-9-16-13-12(14(19)18(9)15-8-17(2)3)10(7-21-13)11-5-4-6-20-11/h4-8H,1-3H3/b15-8-. The van der Waals surface area contributed by atoms with Gasteiger partial charge in [0.1, 0.15) is 22.8 Å². The van der Waals surface area contributed by atoms with E-state index >= 15 is 0 Å². The van der Waals surface area contributed by atoms with E-state index in [4.69, 9.17) is 4.42 Å². The Morgan fingerprint density at radius 3 is 2.95 bits per heavy atom. The van der Waals surface area contributed by atoms with Gasteiger partial charge in [0, 0.05) is 25.0 Å². The summed E-state index contributed by atoms with van der Waals surface area (Å²) in [5, 5.41) is 6.60. The fourth-order valence-corrected chi connectivity index (χ4v) is 2.95. The Labute approximate surface area is 125 Å². The zero-order chi connectivity index (χ0) is 15.0. The SMILES string of the molecule is Cc1nc2scc(-c3ccco3)c2c(=O)n1/N=C\N(C)C. The molecule has 0 atom stereocenters. The van der Waals surface area contributed by atoms with Crippen molar-refractivity contribution in [3.63, 3.8) is 0 Å². The van der Waals surface area contributed by atoms with E-state index in [1.807, 2.05) is 25.5 Å². The Balaban J connectivity index is 2.27. The molecular formula is C14H14N4O2S. The number of nitrogens with zero attached hydrogens (tertiary/aromatic N) is 4. The van der Waals surface area contributed by atoms with Gasteiger partial charge < -0.3 is 9.32 Å². The molecule has 0 aliphatic rings. The lowest BCUT2D eigenvalue weighted by atomic mass is 10.2. The number of aromatic nitrogens is 2. The second-order valence-electron chi connectivity index (χ2n) is 4.78. The van der Waals surface area contributed by atoms with Gasteiger partial charge in [-0.1, -0.05) is 0 Å². The van der Waals surface area contributed by atoms with Crippen molar-refractivity contribution < 1.29 is 4.42 Å². The Bertz CT molecular complexity index is 859. The van der Waals surface area contributed by atoms with Crippen molar-refractivity contribution in [1.82, 2.24) is 14.6 Å². The van der Waals surface area contributed by atoms with E-state index in [1.54, 1.807) is 30.5 Å². The molecule has 7 heteroatoms. The van der Waals surface area contributed by atoms with Gasteiger partial charge in [-0.05, 0) is 19.1 Å². The van der Waals surface area contributed by atoms with Gasteiger partial charge in [0.2, 0.25) is 0 Å². The number of hydrogen-bond acceptors (Lipinski definition) is 5. The molecule has 6 nitrogen and oxygen atoms in total. The van der Waals surface area contributed by atoms with Crippen LogP contribution in [-0.2, 0) is 0 Å². The molecule has 0 spiro atoms. The lowest BCUT2D eigenvalue weighted by molar-refractivity contribution is 0.583. The summed E-state index contributed by atoms with van der Waals surface area (Å²) < 4.78 is 6.70. The predicted octanol–water partition coefficient (Wildman–Crippen LogP) is 2.38. The first-order chi connectivity index (χ1) is 10.1. The first-order valence-corrected chi connectivity index (χ1v) is 7.21. The third-order valence-corrected chi connectivity index (χ3v) is 3.80. The molecule has 0 aliphatic carbocycles. The zero-order valence-corrected chi connectivity index (χ0v) is 12.7. The van der Waals surface area contributed by atoms with Crippen molar-refractivity contribution in [3.8, 4) is 11.3 Å². The summed E-state index contributed by atoms with van der Waals surface area (Å²) in [5.74, 6) is 1.21. The van der Waals surface area contributed by atoms with Crippen LogP contribution in [0, 0.1) is 6.92 Å². The fourth-order valence-electron chi connectivity index (χ4n) is 1.99. The number of aryl methyl sites for hydroxylation is 1. The van der Waals surface area contributed by atoms with E-state index in [0.29, 0.717) is 21.8 Å². The summed E-state index contributed by atoms with van der Waals surface area (Å²) in [7, 11) is 3.68. The molecule has 108 valence electrons. The van der Waals surface area contributed by atoms with Crippen molar-refractivity contribution in [1.29, 1.82) is 0 Å². The number of thiophene rings is 1.